The maximum absolute atomic E-state index is 13.4. The molecule has 1 aromatic carbocycles. The van der Waals surface area contributed by atoms with Crippen molar-refractivity contribution < 1.29 is 23.5 Å². The number of nitrogens with one attached hydrogen (secondary N) is 1. The number of hydrogen-bond acceptors (Lipinski definition) is 4. The van der Waals surface area contributed by atoms with E-state index in [1.807, 2.05) is 0 Å². The molecule has 1 rings (SSSR count). The summed E-state index contributed by atoms with van der Waals surface area (Å²) in [5.74, 6) is -2.22. The van der Waals surface area contributed by atoms with Gasteiger partial charge in [-0.3, -0.25) is 10.1 Å². The van der Waals surface area contributed by atoms with Crippen molar-refractivity contribution in [2.45, 2.75) is 13.0 Å². The first kappa shape index (κ1) is 16.8. The van der Waals surface area contributed by atoms with E-state index in [0.29, 0.717) is 4.47 Å². The number of nitrogens with two attached hydrogens (primary N) is 1. The molecule has 0 aliphatic carbocycles. The normalized spacial score (nSPS) is 12.0. The van der Waals surface area contributed by atoms with Gasteiger partial charge in [-0.15, -0.1) is 0 Å². The number of ether oxygens (including phenoxy) is 1. The van der Waals surface area contributed by atoms with E-state index in [-0.39, 0.29) is 5.56 Å². The lowest BCUT2D eigenvalue weighted by Gasteiger charge is -2.10. The molecule has 0 saturated carbocycles. The smallest absolute Gasteiger partial charge is 0.331 e. The van der Waals surface area contributed by atoms with Gasteiger partial charge in [-0.1, -0.05) is 15.9 Å². The minimum atomic E-state index is -1.21. The maximum atomic E-state index is 13.4. The number of imide groups is 1. The molecule has 0 aliphatic rings. The van der Waals surface area contributed by atoms with Crippen molar-refractivity contribution in [2.75, 3.05) is 0 Å². The molecule has 0 aliphatic heterocycles. The predicted octanol–water partition coefficient (Wildman–Crippen LogP) is 1.73. The van der Waals surface area contributed by atoms with E-state index >= 15 is 0 Å². The van der Waals surface area contributed by atoms with E-state index in [0.717, 1.165) is 6.08 Å². The van der Waals surface area contributed by atoms with Crippen molar-refractivity contribution in [1.29, 1.82) is 0 Å². The average Bonchev–Trinajstić information content (AvgIpc) is 2.39. The van der Waals surface area contributed by atoms with Crippen molar-refractivity contribution >= 4 is 39.9 Å². The second-order valence-corrected chi connectivity index (χ2v) is 4.85. The maximum Gasteiger partial charge on any atom is 0.331 e. The molecule has 112 valence electrons. The Labute approximate surface area is 128 Å². The second-order valence-electron chi connectivity index (χ2n) is 3.93. The van der Waals surface area contributed by atoms with Gasteiger partial charge in [0.1, 0.15) is 5.82 Å². The molecule has 6 nitrogen and oxygen atoms in total. The molecular weight excluding hydrogens is 347 g/mol. The minimum absolute atomic E-state index is 0.176. The first-order valence-corrected chi connectivity index (χ1v) is 6.53. The number of carbonyl (C=O) groups is 3. The number of hydrogen-bond donors (Lipinski definition) is 2. The Balaban J connectivity index is 2.64. The second kappa shape index (κ2) is 7.53. The zero-order valence-electron chi connectivity index (χ0n) is 10.9. The number of carbonyl (C=O) groups excluding carboxylic acids is 3. The third-order valence-corrected chi connectivity index (χ3v) is 2.76. The highest BCUT2D eigenvalue weighted by Gasteiger charge is 2.17. The van der Waals surface area contributed by atoms with Gasteiger partial charge in [0.25, 0.3) is 5.91 Å². The molecule has 0 fully saturated rings. The van der Waals surface area contributed by atoms with Crippen LogP contribution in [0.5, 0.6) is 0 Å². The summed E-state index contributed by atoms with van der Waals surface area (Å²) in [6, 6.07) is 3.18. The highest BCUT2D eigenvalue weighted by molar-refractivity contribution is 9.10. The van der Waals surface area contributed by atoms with Gasteiger partial charge in [0, 0.05) is 16.1 Å². The summed E-state index contributed by atoms with van der Waals surface area (Å²) in [7, 11) is 0. The van der Waals surface area contributed by atoms with Crippen LogP contribution in [-0.2, 0) is 14.3 Å². The lowest BCUT2D eigenvalue weighted by Crippen LogP contribution is -2.42. The van der Waals surface area contributed by atoms with Crippen molar-refractivity contribution in [2.24, 2.45) is 5.73 Å². The summed E-state index contributed by atoms with van der Waals surface area (Å²) in [6.45, 7) is 1.27. The Bertz CT molecular complexity index is 604. The molecule has 8 heteroatoms. The van der Waals surface area contributed by atoms with E-state index in [4.69, 9.17) is 10.5 Å². The Kier molecular flexibility index (Phi) is 6.04. The standard InChI is InChI=1S/C13H12BrFN2O4/c1-7(12(19)17-13(16)20)21-11(18)5-2-8-6-9(14)3-4-10(8)15/h2-7H,1H3,(H3,16,17,19,20)/b5-2+/t7-/m1/s1. The van der Waals surface area contributed by atoms with Gasteiger partial charge in [0.05, 0.1) is 0 Å². The molecule has 0 spiro atoms. The van der Waals surface area contributed by atoms with Crippen molar-refractivity contribution in [3.63, 3.8) is 0 Å². The van der Waals surface area contributed by atoms with Gasteiger partial charge in [-0.05, 0) is 31.2 Å². The Hall–Kier alpha value is -2.22. The molecule has 1 aromatic rings. The fraction of sp³-hybridized carbons (Fsp3) is 0.154. The van der Waals surface area contributed by atoms with Crippen LogP contribution in [0.2, 0.25) is 0 Å². The summed E-state index contributed by atoms with van der Waals surface area (Å²) in [4.78, 5) is 33.2. The monoisotopic (exact) mass is 358 g/mol. The number of urea groups is 1. The fourth-order valence-electron chi connectivity index (χ4n) is 1.29. The largest absolute Gasteiger partial charge is 0.449 e. The van der Waals surface area contributed by atoms with Gasteiger partial charge in [-0.25, -0.2) is 14.0 Å². The molecule has 0 aromatic heterocycles. The molecule has 0 radical (unpaired) electrons. The summed E-state index contributed by atoms with van der Waals surface area (Å²) < 4.78 is 18.8. The van der Waals surface area contributed by atoms with Crippen LogP contribution in [0.4, 0.5) is 9.18 Å². The SMILES string of the molecule is C[C@@H](OC(=O)/C=C/c1cc(Br)ccc1F)C(=O)NC(N)=O. The molecular formula is C13H12BrFN2O4. The Morgan fingerprint density at radius 3 is 2.71 bits per heavy atom. The van der Waals surface area contributed by atoms with E-state index < -0.39 is 29.8 Å². The molecule has 1 atom stereocenters. The van der Waals surface area contributed by atoms with Crippen molar-refractivity contribution in [3.05, 3.63) is 40.1 Å². The van der Waals surface area contributed by atoms with E-state index in [9.17, 15) is 18.8 Å². The molecule has 0 heterocycles. The van der Waals surface area contributed by atoms with Crippen LogP contribution in [0, 0.1) is 5.82 Å². The number of amides is 3. The van der Waals surface area contributed by atoms with E-state index in [1.54, 1.807) is 5.32 Å². The first-order chi connectivity index (χ1) is 9.79. The number of halogens is 2. The summed E-state index contributed by atoms with van der Waals surface area (Å²) >= 11 is 3.17. The number of esters is 1. The zero-order chi connectivity index (χ0) is 16.0. The molecule has 3 N–H and O–H groups in total. The number of rotatable bonds is 4. The Morgan fingerprint density at radius 1 is 1.43 bits per heavy atom. The molecule has 0 saturated heterocycles. The predicted molar refractivity (Wildman–Crippen MR) is 76.4 cm³/mol. The van der Waals surface area contributed by atoms with Crippen LogP contribution in [0.3, 0.4) is 0 Å². The van der Waals surface area contributed by atoms with Crippen molar-refractivity contribution in [1.82, 2.24) is 5.32 Å². The van der Waals surface area contributed by atoms with Gasteiger partial charge >= 0.3 is 12.0 Å². The first-order valence-electron chi connectivity index (χ1n) is 5.73. The van der Waals surface area contributed by atoms with Crippen LogP contribution in [0.15, 0.2) is 28.7 Å². The van der Waals surface area contributed by atoms with Gasteiger partial charge in [0.2, 0.25) is 0 Å². The number of benzene rings is 1. The average molecular weight is 359 g/mol. The molecule has 0 unspecified atom stereocenters. The van der Waals surface area contributed by atoms with Crippen LogP contribution < -0.4 is 11.1 Å². The van der Waals surface area contributed by atoms with Gasteiger partial charge in [0.15, 0.2) is 6.10 Å². The van der Waals surface area contributed by atoms with Gasteiger partial charge < -0.3 is 10.5 Å². The van der Waals surface area contributed by atoms with E-state index in [2.05, 4.69) is 15.9 Å². The fourth-order valence-corrected chi connectivity index (χ4v) is 1.67. The van der Waals surface area contributed by atoms with E-state index in [1.165, 1.54) is 31.2 Å². The summed E-state index contributed by atoms with van der Waals surface area (Å²) in [5.41, 5.74) is 4.93. The molecule has 3 amide bonds. The minimum Gasteiger partial charge on any atom is -0.449 e. The molecule has 21 heavy (non-hydrogen) atoms. The van der Waals surface area contributed by atoms with Gasteiger partial charge in [-0.2, -0.15) is 0 Å². The summed E-state index contributed by atoms with van der Waals surface area (Å²) in [6.07, 6.45) is 0.974. The lowest BCUT2D eigenvalue weighted by molar-refractivity contribution is -0.149. The van der Waals surface area contributed by atoms with Crippen LogP contribution in [-0.4, -0.2) is 24.0 Å². The summed E-state index contributed by atoms with van der Waals surface area (Å²) in [5, 5.41) is 1.77. The van der Waals surface area contributed by atoms with Crippen molar-refractivity contribution in [3.8, 4) is 0 Å². The molecule has 0 bridgehead atoms. The highest BCUT2D eigenvalue weighted by atomic mass is 79.9. The lowest BCUT2D eigenvalue weighted by atomic mass is 10.2. The quantitative estimate of drug-likeness (QED) is 0.632. The zero-order valence-corrected chi connectivity index (χ0v) is 12.5. The van der Waals surface area contributed by atoms with Crippen LogP contribution in [0.25, 0.3) is 6.08 Å². The van der Waals surface area contributed by atoms with Crippen LogP contribution >= 0.6 is 15.9 Å². The highest BCUT2D eigenvalue weighted by Crippen LogP contribution is 2.16. The third-order valence-electron chi connectivity index (χ3n) is 2.27. The van der Waals surface area contributed by atoms with Crippen LogP contribution in [0.1, 0.15) is 12.5 Å². The number of primary amides is 1. The topological polar surface area (TPSA) is 98.5 Å². The Morgan fingerprint density at radius 2 is 2.10 bits per heavy atom. The third kappa shape index (κ3) is 5.74.